The highest BCUT2D eigenvalue weighted by Gasteiger charge is 2.18. The second-order valence-electron chi connectivity index (χ2n) is 3.74. The van der Waals surface area contributed by atoms with Gasteiger partial charge in [0.2, 0.25) is 0 Å². The third kappa shape index (κ3) is 3.19. The second-order valence-corrected chi connectivity index (χ2v) is 4.59. The number of anilines is 1. The molecular weight excluding hydrogens is 287 g/mol. The summed E-state index contributed by atoms with van der Waals surface area (Å²) in [6.07, 6.45) is 0.883. The zero-order valence-corrected chi connectivity index (χ0v) is 11.6. The van der Waals surface area contributed by atoms with Gasteiger partial charge in [0.25, 0.3) is 5.91 Å². The van der Waals surface area contributed by atoms with Gasteiger partial charge in [-0.15, -0.1) is 0 Å². The average Bonchev–Trinajstić information content (AvgIpc) is 2.30. The highest BCUT2D eigenvalue weighted by Crippen LogP contribution is 2.24. The molecule has 0 aliphatic carbocycles. The number of benzene rings is 1. The minimum absolute atomic E-state index is 0.0101. The van der Waals surface area contributed by atoms with E-state index in [9.17, 15) is 9.18 Å². The Kier molecular flexibility index (Phi) is 4.93. The molecule has 2 N–H and O–H groups in total. The van der Waals surface area contributed by atoms with E-state index in [0.29, 0.717) is 23.1 Å². The van der Waals surface area contributed by atoms with Gasteiger partial charge < -0.3 is 10.6 Å². The van der Waals surface area contributed by atoms with E-state index in [1.54, 1.807) is 4.90 Å². The number of hydrogen-bond acceptors (Lipinski definition) is 2. The van der Waals surface area contributed by atoms with Crippen molar-refractivity contribution in [1.29, 1.82) is 0 Å². The topological polar surface area (TPSA) is 46.3 Å². The van der Waals surface area contributed by atoms with Gasteiger partial charge in [-0.25, -0.2) is 4.39 Å². The van der Waals surface area contributed by atoms with E-state index in [1.807, 2.05) is 13.8 Å². The molecule has 3 nitrogen and oxygen atoms in total. The lowest BCUT2D eigenvalue weighted by Gasteiger charge is -2.21. The lowest BCUT2D eigenvalue weighted by atomic mass is 10.1. The third-order valence-electron chi connectivity index (χ3n) is 2.48. The zero-order valence-electron chi connectivity index (χ0n) is 9.96. The van der Waals surface area contributed by atoms with Crippen molar-refractivity contribution in [3.8, 4) is 0 Å². The van der Waals surface area contributed by atoms with E-state index < -0.39 is 5.82 Å². The van der Waals surface area contributed by atoms with Crippen molar-refractivity contribution < 1.29 is 9.18 Å². The van der Waals surface area contributed by atoms with Crippen LogP contribution in [0.4, 0.5) is 10.1 Å². The van der Waals surface area contributed by atoms with Gasteiger partial charge in [0.05, 0.1) is 11.3 Å². The standard InChI is InChI=1S/C12H16BrFN2O/c1-3-5-16(4-2)12(17)8-6-11(15)10(14)7-9(8)13/h6-7H,3-5,15H2,1-2H3. The van der Waals surface area contributed by atoms with Crippen LogP contribution in [0, 0.1) is 5.82 Å². The van der Waals surface area contributed by atoms with Crippen LogP contribution in [0.3, 0.4) is 0 Å². The van der Waals surface area contributed by atoms with Gasteiger partial charge in [0, 0.05) is 17.6 Å². The Hall–Kier alpha value is -1.10. The molecule has 0 radical (unpaired) electrons. The summed E-state index contributed by atoms with van der Waals surface area (Å²) in [5.74, 6) is -0.653. The van der Waals surface area contributed by atoms with Gasteiger partial charge in [0.15, 0.2) is 0 Å². The first kappa shape index (κ1) is 14.0. The number of rotatable bonds is 4. The maximum atomic E-state index is 13.2. The van der Waals surface area contributed by atoms with Crippen LogP contribution in [-0.4, -0.2) is 23.9 Å². The normalized spacial score (nSPS) is 10.4. The fourth-order valence-electron chi connectivity index (χ4n) is 1.57. The third-order valence-corrected chi connectivity index (χ3v) is 3.14. The van der Waals surface area contributed by atoms with Gasteiger partial charge in [-0.05, 0) is 41.4 Å². The molecule has 1 amide bonds. The first-order valence-electron chi connectivity index (χ1n) is 5.55. The first-order valence-corrected chi connectivity index (χ1v) is 6.34. The Morgan fingerprint density at radius 3 is 2.65 bits per heavy atom. The summed E-state index contributed by atoms with van der Waals surface area (Å²) in [5.41, 5.74) is 5.87. The maximum Gasteiger partial charge on any atom is 0.255 e. The summed E-state index contributed by atoms with van der Waals surface area (Å²) in [5, 5.41) is 0. The predicted octanol–water partition coefficient (Wildman–Crippen LogP) is 3.04. The molecule has 0 saturated carbocycles. The maximum absolute atomic E-state index is 13.2. The number of nitrogen functional groups attached to an aromatic ring is 1. The number of nitrogens with two attached hydrogens (primary N) is 1. The fraction of sp³-hybridized carbons (Fsp3) is 0.417. The van der Waals surface area contributed by atoms with Crippen LogP contribution in [0.15, 0.2) is 16.6 Å². The average molecular weight is 303 g/mol. The van der Waals surface area contributed by atoms with Gasteiger partial charge in [-0.2, -0.15) is 0 Å². The molecule has 0 aliphatic heterocycles. The molecule has 0 aliphatic rings. The first-order chi connectivity index (χ1) is 8.01. The smallest absolute Gasteiger partial charge is 0.255 e. The lowest BCUT2D eigenvalue weighted by Crippen LogP contribution is -2.31. The Morgan fingerprint density at radius 1 is 1.47 bits per heavy atom. The van der Waals surface area contributed by atoms with Gasteiger partial charge in [-0.3, -0.25) is 4.79 Å². The molecule has 5 heteroatoms. The number of carbonyl (C=O) groups excluding carboxylic acids is 1. The number of halogens is 2. The monoisotopic (exact) mass is 302 g/mol. The second kappa shape index (κ2) is 6.00. The van der Waals surface area contributed by atoms with Crippen LogP contribution in [0.5, 0.6) is 0 Å². The van der Waals surface area contributed by atoms with E-state index in [-0.39, 0.29) is 11.6 Å². The largest absolute Gasteiger partial charge is 0.396 e. The van der Waals surface area contributed by atoms with Gasteiger partial charge in [0.1, 0.15) is 5.82 Å². The molecule has 1 aromatic rings. The Bertz CT molecular complexity index is 423. The molecule has 0 fully saturated rings. The van der Waals surface area contributed by atoms with Crippen LogP contribution in [-0.2, 0) is 0 Å². The van der Waals surface area contributed by atoms with E-state index in [0.717, 1.165) is 6.42 Å². The predicted molar refractivity (Wildman–Crippen MR) is 70.4 cm³/mol. The van der Waals surface area contributed by atoms with Crippen molar-refractivity contribution in [2.75, 3.05) is 18.8 Å². The molecule has 0 unspecified atom stereocenters. The molecule has 0 aromatic heterocycles. The summed E-state index contributed by atoms with van der Waals surface area (Å²) in [6, 6.07) is 2.60. The van der Waals surface area contributed by atoms with Crippen LogP contribution in [0.1, 0.15) is 30.6 Å². The molecule has 0 heterocycles. The minimum Gasteiger partial charge on any atom is -0.396 e. The molecule has 17 heavy (non-hydrogen) atoms. The Morgan fingerprint density at radius 2 is 2.12 bits per heavy atom. The van der Waals surface area contributed by atoms with E-state index in [4.69, 9.17) is 5.73 Å². The van der Waals surface area contributed by atoms with Gasteiger partial charge in [-0.1, -0.05) is 6.92 Å². The van der Waals surface area contributed by atoms with Crippen molar-refractivity contribution in [3.05, 3.63) is 28.0 Å². The summed E-state index contributed by atoms with van der Waals surface area (Å²) >= 11 is 3.19. The van der Waals surface area contributed by atoms with Crippen LogP contribution in [0.25, 0.3) is 0 Å². The molecule has 0 atom stereocenters. The summed E-state index contributed by atoms with van der Waals surface area (Å²) in [4.78, 5) is 13.9. The molecule has 0 saturated heterocycles. The Labute approximate surface area is 109 Å². The fourth-order valence-corrected chi connectivity index (χ4v) is 2.06. The molecular formula is C12H16BrFN2O. The molecule has 94 valence electrons. The summed E-state index contributed by atoms with van der Waals surface area (Å²) < 4.78 is 13.6. The van der Waals surface area contributed by atoms with Crippen molar-refractivity contribution in [2.24, 2.45) is 0 Å². The van der Waals surface area contributed by atoms with Crippen LogP contribution < -0.4 is 5.73 Å². The van der Waals surface area contributed by atoms with E-state index >= 15 is 0 Å². The lowest BCUT2D eigenvalue weighted by molar-refractivity contribution is 0.0763. The number of amides is 1. The number of carbonyl (C=O) groups is 1. The minimum atomic E-state index is -0.521. The zero-order chi connectivity index (χ0) is 13.0. The highest BCUT2D eigenvalue weighted by atomic mass is 79.9. The summed E-state index contributed by atoms with van der Waals surface area (Å²) in [7, 11) is 0. The molecule has 0 spiro atoms. The van der Waals surface area contributed by atoms with Crippen LogP contribution >= 0.6 is 15.9 Å². The van der Waals surface area contributed by atoms with E-state index in [1.165, 1.54) is 12.1 Å². The van der Waals surface area contributed by atoms with Crippen molar-refractivity contribution in [2.45, 2.75) is 20.3 Å². The molecule has 1 rings (SSSR count). The molecule has 0 bridgehead atoms. The van der Waals surface area contributed by atoms with Crippen molar-refractivity contribution >= 4 is 27.5 Å². The Balaban J connectivity index is 3.07. The van der Waals surface area contributed by atoms with Crippen LogP contribution in [0.2, 0.25) is 0 Å². The molecule has 1 aromatic carbocycles. The van der Waals surface area contributed by atoms with Gasteiger partial charge >= 0.3 is 0 Å². The highest BCUT2D eigenvalue weighted by molar-refractivity contribution is 9.10. The SMILES string of the molecule is CCCN(CC)C(=O)c1cc(N)c(F)cc1Br. The van der Waals surface area contributed by atoms with Crippen molar-refractivity contribution in [3.63, 3.8) is 0 Å². The van der Waals surface area contributed by atoms with E-state index in [2.05, 4.69) is 15.9 Å². The summed E-state index contributed by atoms with van der Waals surface area (Å²) in [6.45, 7) is 5.22. The number of nitrogens with zero attached hydrogens (tertiary/aromatic N) is 1. The van der Waals surface area contributed by atoms with Crippen molar-refractivity contribution in [1.82, 2.24) is 4.90 Å². The quantitative estimate of drug-likeness (QED) is 0.869. The number of hydrogen-bond donors (Lipinski definition) is 1.